The molecule has 1 aliphatic rings. The van der Waals surface area contributed by atoms with E-state index in [1.165, 1.54) is 11.1 Å². The molecule has 0 saturated heterocycles. The Labute approximate surface area is 74.8 Å². The summed E-state index contributed by atoms with van der Waals surface area (Å²) in [6.45, 7) is 6.41. The third kappa shape index (κ3) is 1.90. The van der Waals surface area contributed by atoms with Gasteiger partial charge in [-0.05, 0) is 36.8 Å². The molecule has 1 aliphatic carbocycles. The van der Waals surface area contributed by atoms with E-state index in [4.69, 9.17) is 0 Å². The standard InChI is InChI=1S/C11H18O/c1-4-9-5-6-10(8(2)3)11(12)7-9/h7-8,12H,4-6H2,1-3H3. The SMILES string of the molecule is CCC1=CC(O)=C(C(C)C)CC1. The Morgan fingerprint density at radius 1 is 1.42 bits per heavy atom. The molecule has 0 bridgehead atoms. The Morgan fingerprint density at radius 2 is 2.08 bits per heavy atom. The summed E-state index contributed by atoms with van der Waals surface area (Å²) >= 11 is 0. The number of hydrogen-bond acceptors (Lipinski definition) is 1. The molecule has 0 amide bonds. The van der Waals surface area contributed by atoms with Crippen LogP contribution in [0.1, 0.15) is 40.0 Å². The number of aliphatic hydroxyl groups excluding tert-OH is 1. The number of allylic oxidation sites excluding steroid dienone is 3. The molecule has 1 N–H and O–H groups in total. The fourth-order valence-electron chi connectivity index (χ4n) is 1.64. The van der Waals surface area contributed by atoms with Crippen molar-refractivity contribution in [3.05, 3.63) is 23.0 Å². The summed E-state index contributed by atoms with van der Waals surface area (Å²) in [6, 6.07) is 0. The first-order valence-corrected chi connectivity index (χ1v) is 4.76. The van der Waals surface area contributed by atoms with Crippen LogP contribution >= 0.6 is 0 Å². The first-order chi connectivity index (χ1) is 5.65. The second-order valence-electron chi connectivity index (χ2n) is 3.72. The van der Waals surface area contributed by atoms with Crippen LogP contribution in [0, 0.1) is 5.92 Å². The van der Waals surface area contributed by atoms with E-state index in [1.807, 2.05) is 6.08 Å². The first-order valence-electron chi connectivity index (χ1n) is 4.76. The van der Waals surface area contributed by atoms with Gasteiger partial charge in [0, 0.05) is 0 Å². The summed E-state index contributed by atoms with van der Waals surface area (Å²) in [7, 11) is 0. The Hall–Kier alpha value is -0.720. The lowest BCUT2D eigenvalue weighted by Gasteiger charge is -2.18. The van der Waals surface area contributed by atoms with E-state index in [1.54, 1.807) is 0 Å². The van der Waals surface area contributed by atoms with E-state index in [0.717, 1.165) is 19.3 Å². The molecular weight excluding hydrogens is 148 g/mol. The third-order valence-electron chi connectivity index (χ3n) is 2.54. The van der Waals surface area contributed by atoms with Gasteiger partial charge in [0.1, 0.15) is 5.76 Å². The number of rotatable bonds is 2. The van der Waals surface area contributed by atoms with Gasteiger partial charge in [-0.3, -0.25) is 0 Å². The topological polar surface area (TPSA) is 20.2 Å². The van der Waals surface area contributed by atoms with Crippen molar-refractivity contribution in [3.8, 4) is 0 Å². The van der Waals surface area contributed by atoms with E-state index in [-0.39, 0.29) is 0 Å². The third-order valence-corrected chi connectivity index (χ3v) is 2.54. The van der Waals surface area contributed by atoms with Gasteiger partial charge in [0.15, 0.2) is 0 Å². The van der Waals surface area contributed by atoms with Crippen LogP contribution < -0.4 is 0 Å². The van der Waals surface area contributed by atoms with E-state index in [9.17, 15) is 5.11 Å². The average Bonchev–Trinajstić information content (AvgIpc) is 2.03. The molecule has 0 heterocycles. The predicted molar refractivity (Wildman–Crippen MR) is 52.1 cm³/mol. The average molecular weight is 166 g/mol. The van der Waals surface area contributed by atoms with Crippen molar-refractivity contribution >= 4 is 0 Å². The van der Waals surface area contributed by atoms with E-state index in [0.29, 0.717) is 11.7 Å². The lowest BCUT2D eigenvalue weighted by molar-refractivity contribution is 0.406. The Bertz CT molecular complexity index is 221. The van der Waals surface area contributed by atoms with Gasteiger partial charge in [-0.1, -0.05) is 26.3 Å². The van der Waals surface area contributed by atoms with E-state index in [2.05, 4.69) is 20.8 Å². The van der Waals surface area contributed by atoms with Crippen LogP contribution in [0.4, 0.5) is 0 Å². The molecule has 1 rings (SSSR count). The molecule has 0 spiro atoms. The zero-order chi connectivity index (χ0) is 9.14. The highest BCUT2D eigenvalue weighted by Crippen LogP contribution is 2.28. The maximum Gasteiger partial charge on any atom is 0.114 e. The van der Waals surface area contributed by atoms with Gasteiger partial charge in [0.2, 0.25) is 0 Å². The van der Waals surface area contributed by atoms with Crippen LogP contribution in [0.25, 0.3) is 0 Å². The van der Waals surface area contributed by atoms with Crippen molar-refractivity contribution < 1.29 is 5.11 Å². The van der Waals surface area contributed by atoms with Crippen LogP contribution in [0.15, 0.2) is 23.0 Å². The second kappa shape index (κ2) is 3.79. The molecular formula is C11H18O. The molecule has 0 aliphatic heterocycles. The number of hydrogen-bond donors (Lipinski definition) is 1. The molecule has 0 aromatic heterocycles. The lowest BCUT2D eigenvalue weighted by atomic mass is 9.89. The molecule has 0 aromatic carbocycles. The predicted octanol–water partition coefficient (Wildman–Crippen LogP) is 3.58. The number of aliphatic hydroxyl groups is 1. The molecule has 68 valence electrons. The van der Waals surface area contributed by atoms with Crippen LogP contribution in [0.2, 0.25) is 0 Å². The minimum absolute atomic E-state index is 0.486. The highest BCUT2D eigenvalue weighted by Gasteiger charge is 2.14. The molecule has 0 fully saturated rings. The van der Waals surface area contributed by atoms with Crippen LogP contribution in [0.5, 0.6) is 0 Å². The van der Waals surface area contributed by atoms with Crippen molar-refractivity contribution in [3.63, 3.8) is 0 Å². The highest BCUT2D eigenvalue weighted by atomic mass is 16.3. The van der Waals surface area contributed by atoms with E-state index < -0.39 is 0 Å². The van der Waals surface area contributed by atoms with Crippen molar-refractivity contribution in [2.45, 2.75) is 40.0 Å². The Balaban J connectivity index is 2.83. The zero-order valence-electron chi connectivity index (χ0n) is 8.22. The minimum atomic E-state index is 0.486. The summed E-state index contributed by atoms with van der Waals surface area (Å²) in [5.74, 6) is 1.01. The molecule has 12 heavy (non-hydrogen) atoms. The molecule has 0 saturated carbocycles. The normalized spacial score (nSPS) is 18.5. The largest absolute Gasteiger partial charge is 0.508 e. The van der Waals surface area contributed by atoms with Gasteiger partial charge in [-0.15, -0.1) is 0 Å². The van der Waals surface area contributed by atoms with Crippen LogP contribution in [-0.4, -0.2) is 5.11 Å². The van der Waals surface area contributed by atoms with Crippen LogP contribution in [0.3, 0.4) is 0 Å². The molecule has 0 unspecified atom stereocenters. The quantitative estimate of drug-likeness (QED) is 0.664. The fraction of sp³-hybridized carbons (Fsp3) is 0.636. The van der Waals surface area contributed by atoms with Crippen LogP contribution in [-0.2, 0) is 0 Å². The van der Waals surface area contributed by atoms with Gasteiger partial charge in [-0.2, -0.15) is 0 Å². The lowest BCUT2D eigenvalue weighted by Crippen LogP contribution is -2.04. The summed E-state index contributed by atoms with van der Waals surface area (Å²) < 4.78 is 0. The molecule has 1 nitrogen and oxygen atoms in total. The molecule has 0 radical (unpaired) electrons. The molecule has 1 heteroatoms. The zero-order valence-corrected chi connectivity index (χ0v) is 8.22. The summed E-state index contributed by atoms with van der Waals surface area (Å²) in [5, 5.41) is 9.64. The monoisotopic (exact) mass is 166 g/mol. The summed E-state index contributed by atoms with van der Waals surface area (Å²) in [4.78, 5) is 0. The van der Waals surface area contributed by atoms with Gasteiger partial charge in [-0.25, -0.2) is 0 Å². The van der Waals surface area contributed by atoms with Gasteiger partial charge in [0.25, 0.3) is 0 Å². The second-order valence-corrected chi connectivity index (χ2v) is 3.72. The summed E-state index contributed by atoms with van der Waals surface area (Å²) in [5.41, 5.74) is 2.59. The maximum absolute atomic E-state index is 9.64. The Kier molecular flexibility index (Phi) is 2.96. The van der Waals surface area contributed by atoms with E-state index >= 15 is 0 Å². The fourth-order valence-corrected chi connectivity index (χ4v) is 1.64. The summed E-state index contributed by atoms with van der Waals surface area (Å²) in [6.07, 6.45) is 5.19. The highest BCUT2D eigenvalue weighted by molar-refractivity contribution is 5.29. The van der Waals surface area contributed by atoms with Crippen molar-refractivity contribution in [1.82, 2.24) is 0 Å². The van der Waals surface area contributed by atoms with Crippen molar-refractivity contribution in [1.29, 1.82) is 0 Å². The Morgan fingerprint density at radius 3 is 2.50 bits per heavy atom. The van der Waals surface area contributed by atoms with Gasteiger partial charge in [0.05, 0.1) is 0 Å². The molecule has 0 aromatic rings. The van der Waals surface area contributed by atoms with Crippen molar-refractivity contribution in [2.24, 2.45) is 5.92 Å². The minimum Gasteiger partial charge on any atom is -0.508 e. The first kappa shape index (κ1) is 9.37. The van der Waals surface area contributed by atoms with Gasteiger partial charge >= 0.3 is 0 Å². The van der Waals surface area contributed by atoms with Crippen molar-refractivity contribution in [2.75, 3.05) is 0 Å². The molecule has 0 atom stereocenters. The van der Waals surface area contributed by atoms with Gasteiger partial charge < -0.3 is 5.11 Å². The smallest absolute Gasteiger partial charge is 0.114 e. The maximum atomic E-state index is 9.64.